The first-order chi connectivity index (χ1) is 9.08. The first-order valence-electron chi connectivity index (χ1n) is 5.74. The highest BCUT2D eigenvalue weighted by atomic mass is 127. The largest absolute Gasteiger partial charge is 0.351 e. The lowest BCUT2D eigenvalue weighted by Crippen LogP contribution is -2.26. The molecule has 8 heteroatoms. The van der Waals surface area contributed by atoms with Crippen LogP contribution in [0.4, 0.5) is 0 Å². The summed E-state index contributed by atoms with van der Waals surface area (Å²) < 4.78 is 2.59. The van der Waals surface area contributed by atoms with E-state index in [9.17, 15) is 4.79 Å². The van der Waals surface area contributed by atoms with E-state index in [4.69, 9.17) is 11.6 Å². The van der Waals surface area contributed by atoms with Crippen LogP contribution in [0.1, 0.15) is 22.6 Å². The zero-order valence-electron chi connectivity index (χ0n) is 10.3. The molecule has 0 radical (unpaired) electrons. The second kappa shape index (κ2) is 6.38. The molecule has 102 valence electrons. The van der Waals surface area contributed by atoms with Gasteiger partial charge in [0.1, 0.15) is 5.69 Å². The Morgan fingerprint density at radius 1 is 1.63 bits per heavy atom. The van der Waals surface area contributed by atoms with Gasteiger partial charge < -0.3 is 5.32 Å². The van der Waals surface area contributed by atoms with E-state index in [1.54, 1.807) is 17.1 Å². The van der Waals surface area contributed by atoms with Crippen LogP contribution in [0.25, 0.3) is 0 Å². The second-order valence-corrected chi connectivity index (χ2v) is 5.60. The Kier molecular flexibility index (Phi) is 4.81. The number of aromatic nitrogens is 4. The predicted octanol–water partition coefficient (Wildman–Crippen LogP) is 1.99. The summed E-state index contributed by atoms with van der Waals surface area (Å²) in [6.45, 7) is 3.15. The third-order valence-electron chi connectivity index (χ3n) is 2.56. The Labute approximate surface area is 129 Å². The van der Waals surface area contributed by atoms with E-state index < -0.39 is 0 Å². The van der Waals surface area contributed by atoms with Crippen LogP contribution in [0.2, 0.25) is 5.02 Å². The van der Waals surface area contributed by atoms with Crippen molar-refractivity contribution in [3.8, 4) is 0 Å². The number of hydrogen-bond donors (Lipinski definition) is 2. The minimum atomic E-state index is -0.142. The van der Waals surface area contributed by atoms with Crippen molar-refractivity contribution in [2.45, 2.75) is 19.9 Å². The highest BCUT2D eigenvalue weighted by Crippen LogP contribution is 2.12. The third kappa shape index (κ3) is 3.69. The topological polar surface area (TPSA) is 75.6 Å². The van der Waals surface area contributed by atoms with Gasteiger partial charge in [-0.3, -0.25) is 14.6 Å². The van der Waals surface area contributed by atoms with Crippen LogP contribution in [-0.2, 0) is 6.54 Å². The zero-order chi connectivity index (χ0) is 13.8. The molecule has 0 aliphatic rings. The van der Waals surface area contributed by atoms with E-state index in [0.29, 0.717) is 23.8 Å². The molecule has 0 bridgehead atoms. The van der Waals surface area contributed by atoms with Crippen LogP contribution in [0.3, 0.4) is 0 Å². The summed E-state index contributed by atoms with van der Waals surface area (Å²) in [4.78, 5) is 11.8. The molecule has 2 aromatic rings. The van der Waals surface area contributed by atoms with Crippen LogP contribution in [0.15, 0.2) is 12.4 Å². The van der Waals surface area contributed by atoms with Crippen molar-refractivity contribution in [3.63, 3.8) is 0 Å². The summed E-state index contributed by atoms with van der Waals surface area (Å²) in [5.41, 5.74) is 1.32. The van der Waals surface area contributed by atoms with Crippen molar-refractivity contribution in [3.05, 3.63) is 32.4 Å². The SMILES string of the molecule is Cc1nn(CCCNC(=O)c2[nH]ncc2I)cc1Cl. The maximum absolute atomic E-state index is 11.8. The first-order valence-corrected chi connectivity index (χ1v) is 7.20. The predicted molar refractivity (Wildman–Crippen MR) is 80.2 cm³/mol. The number of aromatic amines is 1. The van der Waals surface area contributed by atoms with E-state index >= 15 is 0 Å². The van der Waals surface area contributed by atoms with Gasteiger partial charge in [0.25, 0.3) is 5.91 Å². The maximum Gasteiger partial charge on any atom is 0.270 e. The van der Waals surface area contributed by atoms with Gasteiger partial charge in [-0.05, 0) is 35.9 Å². The number of nitrogens with zero attached hydrogens (tertiary/aromatic N) is 3. The number of amides is 1. The van der Waals surface area contributed by atoms with Crippen LogP contribution >= 0.6 is 34.2 Å². The number of carbonyl (C=O) groups excluding carboxylic acids is 1. The molecule has 0 saturated heterocycles. The smallest absolute Gasteiger partial charge is 0.270 e. The van der Waals surface area contributed by atoms with Gasteiger partial charge in [-0.15, -0.1) is 0 Å². The number of rotatable bonds is 5. The van der Waals surface area contributed by atoms with E-state index in [1.807, 2.05) is 6.92 Å². The molecule has 0 spiro atoms. The van der Waals surface area contributed by atoms with Gasteiger partial charge in [0.2, 0.25) is 0 Å². The van der Waals surface area contributed by atoms with Crippen molar-refractivity contribution in [1.82, 2.24) is 25.3 Å². The third-order valence-corrected chi connectivity index (χ3v) is 3.75. The van der Waals surface area contributed by atoms with Crippen LogP contribution in [0, 0.1) is 10.5 Å². The summed E-state index contributed by atoms with van der Waals surface area (Å²) in [6.07, 6.45) is 4.19. The lowest BCUT2D eigenvalue weighted by molar-refractivity contribution is 0.0946. The molecule has 0 aliphatic heterocycles. The molecule has 2 heterocycles. The van der Waals surface area contributed by atoms with Crippen molar-refractivity contribution in [2.24, 2.45) is 0 Å². The Bertz CT molecular complexity index is 560. The molecule has 19 heavy (non-hydrogen) atoms. The fraction of sp³-hybridized carbons (Fsp3) is 0.364. The van der Waals surface area contributed by atoms with Crippen LogP contribution in [-0.4, -0.2) is 32.4 Å². The molecule has 2 aromatic heterocycles. The summed E-state index contributed by atoms with van der Waals surface area (Å²) in [5.74, 6) is -0.142. The Morgan fingerprint density at radius 3 is 3.00 bits per heavy atom. The molecule has 0 fully saturated rings. The second-order valence-electron chi connectivity index (χ2n) is 4.03. The van der Waals surface area contributed by atoms with Gasteiger partial charge in [0.15, 0.2) is 0 Å². The fourth-order valence-corrected chi connectivity index (χ4v) is 2.23. The minimum absolute atomic E-state index is 0.142. The molecule has 2 rings (SSSR count). The zero-order valence-corrected chi connectivity index (χ0v) is 13.2. The summed E-state index contributed by atoms with van der Waals surface area (Å²) in [5, 5.41) is 14.2. The highest BCUT2D eigenvalue weighted by molar-refractivity contribution is 14.1. The van der Waals surface area contributed by atoms with Gasteiger partial charge >= 0.3 is 0 Å². The Hall–Kier alpha value is -1.09. The summed E-state index contributed by atoms with van der Waals surface area (Å²) in [7, 11) is 0. The van der Waals surface area contributed by atoms with Crippen molar-refractivity contribution >= 4 is 40.1 Å². The molecule has 6 nitrogen and oxygen atoms in total. The maximum atomic E-state index is 11.8. The van der Waals surface area contributed by atoms with E-state index in [1.165, 1.54) is 0 Å². The number of hydrogen-bond acceptors (Lipinski definition) is 3. The molecule has 1 amide bonds. The highest BCUT2D eigenvalue weighted by Gasteiger charge is 2.10. The van der Waals surface area contributed by atoms with Crippen molar-refractivity contribution in [2.75, 3.05) is 6.54 Å². The van der Waals surface area contributed by atoms with Gasteiger partial charge in [-0.25, -0.2) is 0 Å². The van der Waals surface area contributed by atoms with Crippen LogP contribution in [0.5, 0.6) is 0 Å². The summed E-state index contributed by atoms with van der Waals surface area (Å²) in [6, 6.07) is 0. The van der Waals surface area contributed by atoms with Gasteiger partial charge in [-0.2, -0.15) is 10.2 Å². The number of carbonyl (C=O) groups is 1. The quantitative estimate of drug-likeness (QED) is 0.603. The molecule has 0 unspecified atom stereocenters. The van der Waals surface area contributed by atoms with Gasteiger partial charge in [0.05, 0.1) is 20.5 Å². The number of halogens is 2. The number of H-pyrrole nitrogens is 1. The molecular weight excluding hydrogens is 381 g/mol. The fourth-order valence-electron chi connectivity index (χ4n) is 1.57. The van der Waals surface area contributed by atoms with Gasteiger partial charge in [-0.1, -0.05) is 11.6 Å². The van der Waals surface area contributed by atoms with E-state index in [2.05, 4.69) is 43.2 Å². The van der Waals surface area contributed by atoms with E-state index in [-0.39, 0.29) is 5.91 Å². The normalized spacial score (nSPS) is 10.7. The lowest BCUT2D eigenvalue weighted by atomic mass is 10.3. The molecular formula is C11H13ClIN5O. The van der Waals surface area contributed by atoms with E-state index in [0.717, 1.165) is 15.7 Å². The molecule has 0 saturated carbocycles. The standard InChI is InChI=1S/C11H13ClIN5O/c1-7-8(12)6-18(17-7)4-2-3-14-11(19)10-9(13)5-15-16-10/h5-6H,2-4H2,1H3,(H,14,19)(H,15,16). The van der Waals surface area contributed by atoms with Crippen molar-refractivity contribution in [1.29, 1.82) is 0 Å². The first kappa shape index (κ1) is 14.3. The average Bonchev–Trinajstić information content (AvgIpc) is 2.92. The molecule has 0 aliphatic carbocycles. The Balaban J connectivity index is 1.75. The van der Waals surface area contributed by atoms with Crippen molar-refractivity contribution < 1.29 is 4.79 Å². The molecule has 2 N–H and O–H groups in total. The number of nitrogens with one attached hydrogen (secondary N) is 2. The number of aryl methyl sites for hydroxylation is 2. The van der Waals surface area contributed by atoms with Gasteiger partial charge in [0, 0.05) is 19.3 Å². The summed E-state index contributed by atoms with van der Waals surface area (Å²) >= 11 is 7.98. The van der Waals surface area contributed by atoms with Crippen LogP contribution < -0.4 is 5.32 Å². The molecule has 0 aromatic carbocycles. The monoisotopic (exact) mass is 393 g/mol. The lowest BCUT2D eigenvalue weighted by Gasteiger charge is -2.04. The average molecular weight is 394 g/mol. The molecule has 0 atom stereocenters. The minimum Gasteiger partial charge on any atom is -0.351 e. The Morgan fingerprint density at radius 2 is 2.42 bits per heavy atom.